The lowest BCUT2D eigenvalue weighted by atomic mass is 10.1. The fraction of sp³-hybridized carbons (Fsp3) is 0.182. The lowest BCUT2D eigenvalue weighted by molar-refractivity contribution is 0.0526. The molecule has 7 nitrogen and oxygen atoms in total. The van der Waals surface area contributed by atoms with Gasteiger partial charge in [0.1, 0.15) is 11.6 Å². The van der Waals surface area contributed by atoms with Gasteiger partial charge in [0.15, 0.2) is 10.9 Å². The first-order chi connectivity index (χ1) is 14.6. The number of carbonyl (C=O) groups is 2. The van der Waals surface area contributed by atoms with Crippen LogP contribution in [-0.2, 0) is 4.74 Å². The molecule has 0 amide bonds. The minimum absolute atomic E-state index is 0.0147. The molecule has 154 valence electrons. The van der Waals surface area contributed by atoms with Gasteiger partial charge in [-0.25, -0.2) is 14.8 Å². The first-order valence-corrected chi connectivity index (χ1v) is 10.2. The van der Waals surface area contributed by atoms with E-state index in [1.54, 1.807) is 74.8 Å². The lowest BCUT2D eigenvalue weighted by Gasteiger charge is -2.08. The zero-order chi connectivity index (χ0) is 21.3. The summed E-state index contributed by atoms with van der Waals surface area (Å²) in [5.41, 5.74) is 1.87. The van der Waals surface area contributed by atoms with E-state index in [0.29, 0.717) is 34.5 Å². The van der Waals surface area contributed by atoms with Crippen LogP contribution in [0.4, 0.5) is 11.5 Å². The molecular weight excluding hydrogens is 402 g/mol. The van der Waals surface area contributed by atoms with E-state index in [-0.39, 0.29) is 17.5 Å². The highest BCUT2D eigenvalue weighted by Gasteiger charge is 2.10. The highest BCUT2D eigenvalue weighted by atomic mass is 32.2. The molecule has 1 aromatic heterocycles. The fourth-order valence-electron chi connectivity index (χ4n) is 2.52. The molecule has 0 unspecified atom stereocenters. The number of ether oxygens (including phenoxy) is 2. The van der Waals surface area contributed by atoms with Gasteiger partial charge in [0, 0.05) is 17.4 Å². The summed E-state index contributed by atoms with van der Waals surface area (Å²) in [5.74, 6) is 1.15. The van der Waals surface area contributed by atoms with Gasteiger partial charge >= 0.3 is 5.97 Å². The third-order valence-corrected chi connectivity index (χ3v) is 4.91. The van der Waals surface area contributed by atoms with E-state index < -0.39 is 0 Å². The Bertz CT molecular complexity index is 1010. The Balaban J connectivity index is 1.59. The van der Waals surface area contributed by atoms with E-state index in [0.717, 1.165) is 5.69 Å². The molecule has 3 rings (SSSR count). The minimum atomic E-state index is -0.355. The SMILES string of the molecule is CCOC(=O)c1ccc(Nc2ccnc(SCC(=O)c3ccc(OC)cc3)n2)cc1. The van der Waals surface area contributed by atoms with Crippen molar-refractivity contribution in [3.63, 3.8) is 0 Å². The molecular formula is C22H21N3O4S. The molecule has 0 spiro atoms. The molecule has 30 heavy (non-hydrogen) atoms. The lowest BCUT2D eigenvalue weighted by Crippen LogP contribution is -2.05. The number of benzene rings is 2. The van der Waals surface area contributed by atoms with Crippen LogP contribution in [-0.4, -0.2) is 41.2 Å². The molecule has 0 aliphatic rings. The Morgan fingerprint density at radius 2 is 1.70 bits per heavy atom. The van der Waals surface area contributed by atoms with Gasteiger partial charge in [-0.1, -0.05) is 11.8 Å². The normalized spacial score (nSPS) is 10.3. The average molecular weight is 423 g/mol. The Kier molecular flexibility index (Phi) is 7.40. The van der Waals surface area contributed by atoms with Crippen molar-refractivity contribution in [3.8, 4) is 5.75 Å². The van der Waals surface area contributed by atoms with E-state index in [9.17, 15) is 9.59 Å². The maximum atomic E-state index is 12.4. The number of anilines is 2. The monoisotopic (exact) mass is 423 g/mol. The van der Waals surface area contributed by atoms with Crippen molar-refractivity contribution in [2.24, 2.45) is 0 Å². The van der Waals surface area contributed by atoms with Crippen LogP contribution in [0.1, 0.15) is 27.6 Å². The summed E-state index contributed by atoms with van der Waals surface area (Å²) in [4.78, 5) is 32.7. The first kappa shape index (κ1) is 21.3. The van der Waals surface area contributed by atoms with Gasteiger partial charge in [-0.05, 0) is 61.5 Å². The fourth-order valence-corrected chi connectivity index (χ4v) is 3.25. The third kappa shape index (κ3) is 5.81. The van der Waals surface area contributed by atoms with Crippen LogP contribution in [0.2, 0.25) is 0 Å². The van der Waals surface area contributed by atoms with E-state index in [4.69, 9.17) is 9.47 Å². The second-order valence-electron chi connectivity index (χ2n) is 6.09. The molecule has 0 bridgehead atoms. The van der Waals surface area contributed by atoms with Crippen LogP contribution >= 0.6 is 11.8 Å². The van der Waals surface area contributed by atoms with Crippen LogP contribution in [0.25, 0.3) is 0 Å². The molecule has 0 radical (unpaired) electrons. The van der Waals surface area contributed by atoms with Crippen molar-refractivity contribution in [3.05, 3.63) is 71.9 Å². The number of nitrogens with zero attached hydrogens (tertiary/aromatic N) is 2. The Morgan fingerprint density at radius 3 is 2.37 bits per heavy atom. The Hall–Kier alpha value is -3.39. The van der Waals surface area contributed by atoms with Gasteiger partial charge < -0.3 is 14.8 Å². The summed E-state index contributed by atoms with van der Waals surface area (Å²) < 4.78 is 10.1. The molecule has 0 saturated carbocycles. The molecule has 0 atom stereocenters. The van der Waals surface area contributed by atoms with Gasteiger partial charge in [0.2, 0.25) is 0 Å². The number of ketones is 1. The second kappa shape index (κ2) is 10.4. The number of esters is 1. The quantitative estimate of drug-likeness (QED) is 0.235. The van der Waals surface area contributed by atoms with Gasteiger partial charge in [0.05, 0.1) is 25.0 Å². The summed E-state index contributed by atoms with van der Waals surface area (Å²) in [6.07, 6.45) is 1.63. The molecule has 0 aliphatic heterocycles. The van der Waals surface area contributed by atoms with Gasteiger partial charge in [0.25, 0.3) is 0 Å². The molecule has 1 heterocycles. The Labute approximate surface area is 178 Å². The van der Waals surface area contributed by atoms with E-state index in [1.165, 1.54) is 11.8 Å². The number of Topliss-reactive ketones (excluding diaryl/α,β-unsaturated/α-hetero) is 1. The van der Waals surface area contributed by atoms with E-state index >= 15 is 0 Å². The first-order valence-electron chi connectivity index (χ1n) is 9.26. The largest absolute Gasteiger partial charge is 0.497 e. The van der Waals surface area contributed by atoms with Gasteiger partial charge in [-0.2, -0.15) is 0 Å². The van der Waals surface area contributed by atoms with Crippen molar-refractivity contribution in [2.45, 2.75) is 12.1 Å². The number of aromatic nitrogens is 2. The average Bonchev–Trinajstić information content (AvgIpc) is 2.78. The van der Waals surface area contributed by atoms with Crippen molar-refractivity contribution in [1.82, 2.24) is 9.97 Å². The summed E-state index contributed by atoms with van der Waals surface area (Å²) in [7, 11) is 1.58. The van der Waals surface area contributed by atoms with Crippen LogP contribution in [0, 0.1) is 0 Å². The minimum Gasteiger partial charge on any atom is -0.497 e. The number of hydrogen-bond acceptors (Lipinski definition) is 8. The number of carbonyl (C=O) groups excluding carboxylic acids is 2. The predicted molar refractivity (Wildman–Crippen MR) is 116 cm³/mol. The van der Waals surface area contributed by atoms with Crippen molar-refractivity contribution in [2.75, 3.05) is 24.8 Å². The van der Waals surface area contributed by atoms with Crippen molar-refractivity contribution >= 4 is 35.0 Å². The van der Waals surface area contributed by atoms with Crippen LogP contribution in [0.15, 0.2) is 66.0 Å². The number of thioether (sulfide) groups is 1. The summed E-state index contributed by atoms with van der Waals surface area (Å²) in [5, 5.41) is 3.65. The molecule has 2 aromatic carbocycles. The summed E-state index contributed by atoms with van der Waals surface area (Å²) in [6.45, 7) is 2.10. The number of methoxy groups -OCH3 is 1. The zero-order valence-corrected chi connectivity index (χ0v) is 17.4. The maximum absolute atomic E-state index is 12.4. The summed E-state index contributed by atoms with van der Waals surface area (Å²) in [6, 6.07) is 15.6. The zero-order valence-electron chi connectivity index (χ0n) is 16.6. The predicted octanol–water partition coefficient (Wildman–Crippen LogP) is 4.38. The third-order valence-electron chi connectivity index (χ3n) is 4.05. The van der Waals surface area contributed by atoms with Crippen molar-refractivity contribution in [1.29, 1.82) is 0 Å². The maximum Gasteiger partial charge on any atom is 0.338 e. The molecule has 0 aliphatic carbocycles. The number of rotatable bonds is 9. The highest BCUT2D eigenvalue weighted by Crippen LogP contribution is 2.20. The Morgan fingerprint density at radius 1 is 1.00 bits per heavy atom. The van der Waals surface area contributed by atoms with Crippen molar-refractivity contribution < 1.29 is 19.1 Å². The van der Waals surface area contributed by atoms with E-state index in [2.05, 4.69) is 15.3 Å². The molecule has 8 heteroatoms. The van der Waals surface area contributed by atoms with Crippen LogP contribution < -0.4 is 10.1 Å². The molecule has 0 fully saturated rings. The smallest absolute Gasteiger partial charge is 0.338 e. The number of hydrogen-bond donors (Lipinski definition) is 1. The topological polar surface area (TPSA) is 90.4 Å². The molecule has 0 saturated heterocycles. The molecule has 1 N–H and O–H groups in total. The van der Waals surface area contributed by atoms with E-state index in [1.807, 2.05) is 0 Å². The standard InChI is InChI=1S/C22H21N3O4S/c1-3-29-21(27)16-4-8-17(9-5-16)24-20-12-13-23-22(25-20)30-14-19(26)15-6-10-18(28-2)11-7-15/h4-13H,3,14H2,1-2H3,(H,23,24,25). The van der Waals surface area contributed by atoms with Gasteiger partial charge in [-0.15, -0.1) is 0 Å². The van der Waals surface area contributed by atoms with Crippen LogP contribution in [0.5, 0.6) is 5.75 Å². The highest BCUT2D eigenvalue weighted by molar-refractivity contribution is 7.99. The molecule has 3 aromatic rings. The number of nitrogens with one attached hydrogen (secondary N) is 1. The second-order valence-corrected chi connectivity index (χ2v) is 7.03. The van der Waals surface area contributed by atoms with Crippen LogP contribution in [0.3, 0.4) is 0 Å². The summed E-state index contributed by atoms with van der Waals surface area (Å²) >= 11 is 1.27. The van der Waals surface area contributed by atoms with Gasteiger partial charge in [-0.3, -0.25) is 4.79 Å².